The van der Waals surface area contributed by atoms with Gasteiger partial charge in [-0.1, -0.05) is 89.9 Å². The van der Waals surface area contributed by atoms with E-state index < -0.39 is 6.04 Å². The molecule has 5 nitrogen and oxygen atoms in total. The number of nitrogens with zero attached hydrogens (tertiary/aromatic N) is 1. The summed E-state index contributed by atoms with van der Waals surface area (Å²) >= 11 is 3.53. The number of unbranched alkanes of at least 4 members (excludes halogenated alkanes) is 1. The minimum absolute atomic E-state index is 0.0572. The first-order chi connectivity index (χ1) is 17.6. The lowest BCUT2D eigenvalue weighted by Crippen LogP contribution is -2.50. The molecule has 190 valence electrons. The van der Waals surface area contributed by atoms with Gasteiger partial charge in [0.2, 0.25) is 11.8 Å². The van der Waals surface area contributed by atoms with E-state index in [-0.39, 0.29) is 11.8 Å². The topological polar surface area (TPSA) is 58.6 Å². The molecule has 6 heteroatoms. The number of rotatable bonds is 14. The molecular formula is C30H35BrN2O3. The molecule has 0 spiro atoms. The summed E-state index contributed by atoms with van der Waals surface area (Å²) in [5.74, 6) is 0.614. The van der Waals surface area contributed by atoms with Crippen LogP contribution in [-0.2, 0) is 22.6 Å². The Kier molecular flexibility index (Phi) is 11.5. The lowest BCUT2D eigenvalue weighted by Gasteiger charge is -2.31. The molecule has 3 aromatic carbocycles. The molecule has 0 heterocycles. The van der Waals surface area contributed by atoms with E-state index in [0.29, 0.717) is 39.0 Å². The summed E-state index contributed by atoms with van der Waals surface area (Å²) in [6, 6.07) is 26.7. The zero-order valence-electron chi connectivity index (χ0n) is 20.9. The number of ether oxygens (including phenoxy) is 1. The molecule has 0 aliphatic carbocycles. The van der Waals surface area contributed by atoms with Crippen LogP contribution in [0.2, 0.25) is 0 Å². The van der Waals surface area contributed by atoms with Crippen molar-refractivity contribution in [1.29, 1.82) is 0 Å². The molecule has 0 bridgehead atoms. The van der Waals surface area contributed by atoms with Gasteiger partial charge in [-0.05, 0) is 48.2 Å². The number of carbonyl (C=O) groups excluding carboxylic acids is 2. The van der Waals surface area contributed by atoms with E-state index in [2.05, 4.69) is 28.2 Å². The van der Waals surface area contributed by atoms with Crippen molar-refractivity contribution < 1.29 is 14.3 Å². The summed E-state index contributed by atoms with van der Waals surface area (Å²) in [7, 11) is 0. The molecule has 1 N–H and O–H groups in total. The van der Waals surface area contributed by atoms with E-state index in [4.69, 9.17) is 4.74 Å². The van der Waals surface area contributed by atoms with Crippen molar-refractivity contribution in [3.63, 3.8) is 0 Å². The van der Waals surface area contributed by atoms with Crippen LogP contribution < -0.4 is 10.1 Å². The van der Waals surface area contributed by atoms with Crippen LogP contribution in [0.3, 0.4) is 0 Å². The number of carbonyl (C=O) groups is 2. The maximum absolute atomic E-state index is 13.6. The van der Waals surface area contributed by atoms with E-state index in [0.717, 1.165) is 34.2 Å². The second-order valence-corrected chi connectivity index (χ2v) is 9.68. The maximum atomic E-state index is 13.6. The minimum Gasteiger partial charge on any atom is -0.494 e. The van der Waals surface area contributed by atoms with Gasteiger partial charge in [0.25, 0.3) is 0 Å². The molecule has 0 aliphatic rings. The van der Waals surface area contributed by atoms with Gasteiger partial charge < -0.3 is 15.0 Å². The quantitative estimate of drug-likeness (QED) is 0.244. The van der Waals surface area contributed by atoms with Crippen molar-refractivity contribution in [2.45, 2.75) is 51.6 Å². The van der Waals surface area contributed by atoms with Gasteiger partial charge in [0.1, 0.15) is 11.8 Å². The van der Waals surface area contributed by atoms with Crippen molar-refractivity contribution >= 4 is 27.7 Å². The third-order valence-electron chi connectivity index (χ3n) is 5.89. The number of hydrogen-bond donors (Lipinski definition) is 1. The van der Waals surface area contributed by atoms with Gasteiger partial charge in [-0.2, -0.15) is 0 Å². The van der Waals surface area contributed by atoms with Gasteiger partial charge in [0.05, 0.1) is 6.61 Å². The predicted octanol–water partition coefficient (Wildman–Crippen LogP) is 6.16. The Bertz CT molecular complexity index is 1080. The van der Waals surface area contributed by atoms with Crippen molar-refractivity contribution in [2.75, 3.05) is 13.2 Å². The number of halogens is 1. The lowest BCUT2D eigenvalue weighted by molar-refractivity contribution is -0.141. The van der Waals surface area contributed by atoms with Crippen LogP contribution in [0.15, 0.2) is 89.4 Å². The summed E-state index contributed by atoms with van der Waals surface area (Å²) in [4.78, 5) is 28.7. The largest absolute Gasteiger partial charge is 0.494 e. The molecule has 3 aromatic rings. The molecule has 3 rings (SSSR count). The third kappa shape index (κ3) is 9.15. The zero-order valence-corrected chi connectivity index (χ0v) is 22.5. The SMILES string of the molecule is CCCCNC(=O)C(Cc1ccccc1)N(Cc1cccc(Br)c1)C(=O)CCCOc1ccccc1. The van der Waals surface area contributed by atoms with E-state index in [1.807, 2.05) is 84.9 Å². The highest BCUT2D eigenvalue weighted by Crippen LogP contribution is 2.19. The first-order valence-electron chi connectivity index (χ1n) is 12.6. The Balaban J connectivity index is 1.78. The van der Waals surface area contributed by atoms with E-state index >= 15 is 0 Å². The molecule has 2 amide bonds. The number of nitrogens with one attached hydrogen (secondary N) is 1. The van der Waals surface area contributed by atoms with Gasteiger partial charge in [0, 0.05) is 30.4 Å². The highest BCUT2D eigenvalue weighted by molar-refractivity contribution is 9.10. The average Bonchev–Trinajstić information content (AvgIpc) is 2.90. The van der Waals surface area contributed by atoms with Crippen LogP contribution in [0.25, 0.3) is 0 Å². The Morgan fingerprint density at radius 1 is 0.917 bits per heavy atom. The summed E-state index contributed by atoms with van der Waals surface area (Å²) in [5.41, 5.74) is 1.99. The molecule has 0 saturated carbocycles. The number of benzene rings is 3. The smallest absolute Gasteiger partial charge is 0.243 e. The fraction of sp³-hybridized carbons (Fsp3) is 0.333. The second-order valence-electron chi connectivity index (χ2n) is 8.77. The minimum atomic E-state index is -0.606. The normalized spacial score (nSPS) is 11.5. The molecule has 0 aromatic heterocycles. The van der Waals surface area contributed by atoms with Crippen molar-refractivity contribution in [3.8, 4) is 5.75 Å². The van der Waals surface area contributed by atoms with Crippen LogP contribution in [0.1, 0.15) is 43.7 Å². The fourth-order valence-corrected chi connectivity index (χ4v) is 4.41. The summed E-state index contributed by atoms with van der Waals surface area (Å²) in [6.07, 6.45) is 3.22. The van der Waals surface area contributed by atoms with Crippen molar-refractivity contribution in [2.24, 2.45) is 0 Å². The Morgan fingerprint density at radius 3 is 2.31 bits per heavy atom. The van der Waals surface area contributed by atoms with Crippen LogP contribution >= 0.6 is 15.9 Å². The van der Waals surface area contributed by atoms with E-state index in [1.165, 1.54) is 0 Å². The second kappa shape index (κ2) is 15.1. The van der Waals surface area contributed by atoms with Crippen LogP contribution in [0, 0.1) is 0 Å². The maximum Gasteiger partial charge on any atom is 0.243 e. The molecule has 0 aliphatic heterocycles. The van der Waals surface area contributed by atoms with Crippen molar-refractivity contribution in [3.05, 3.63) is 101 Å². The van der Waals surface area contributed by atoms with Crippen molar-refractivity contribution in [1.82, 2.24) is 10.2 Å². The molecule has 36 heavy (non-hydrogen) atoms. The summed E-state index contributed by atoms with van der Waals surface area (Å²) in [5, 5.41) is 3.06. The van der Waals surface area contributed by atoms with Gasteiger partial charge in [-0.25, -0.2) is 0 Å². The summed E-state index contributed by atoms with van der Waals surface area (Å²) in [6.45, 7) is 3.49. The average molecular weight is 552 g/mol. The molecule has 0 radical (unpaired) electrons. The number of amides is 2. The van der Waals surface area contributed by atoms with Crippen LogP contribution in [0.4, 0.5) is 0 Å². The predicted molar refractivity (Wildman–Crippen MR) is 148 cm³/mol. The first kappa shape index (κ1) is 27.5. The van der Waals surface area contributed by atoms with Gasteiger partial charge in [-0.15, -0.1) is 0 Å². The highest BCUT2D eigenvalue weighted by Gasteiger charge is 2.30. The van der Waals surface area contributed by atoms with Crippen LogP contribution in [-0.4, -0.2) is 35.9 Å². The van der Waals surface area contributed by atoms with E-state index in [1.54, 1.807) is 4.90 Å². The molecule has 0 saturated heterocycles. The molecule has 1 atom stereocenters. The standard InChI is InChI=1S/C30H35BrN2O3/c1-2-3-19-32-30(35)28(22-24-12-6-4-7-13-24)33(23-25-14-10-15-26(31)21-25)29(34)18-11-20-36-27-16-8-5-9-17-27/h4-10,12-17,21,28H,2-3,11,18-20,22-23H2,1H3,(H,32,35). The Hall–Kier alpha value is -3.12. The third-order valence-corrected chi connectivity index (χ3v) is 6.38. The summed E-state index contributed by atoms with van der Waals surface area (Å²) < 4.78 is 6.72. The zero-order chi connectivity index (χ0) is 25.6. The van der Waals surface area contributed by atoms with E-state index in [9.17, 15) is 9.59 Å². The monoisotopic (exact) mass is 550 g/mol. The fourth-order valence-electron chi connectivity index (χ4n) is 3.97. The van der Waals surface area contributed by atoms with Gasteiger partial charge in [0.15, 0.2) is 0 Å². The number of para-hydroxylation sites is 1. The number of hydrogen-bond acceptors (Lipinski definition) is 3. The molecule has 1 unspecified atom stereocenters. The lowest BCUT2D eigenvalue weighted by atomic mass is 10.0. The Morgan fingerprint density at radius 2 is 1.61 bits per heavy atom. The highest BCUT2D eigenvalue weighted by atomic mass is 79.9. The molecular weight excluding hydrogens is 516 g/mol. The van der Waals surface area contributed by atoms with Gasteiger partial charge in [-0.3, -0.25) is 9.59 Å². The molecule has 0 fully saturated rings. The van der Waals surface area contributed by atoms with Crippen LogP contribution in [0.5, 0.6) is 5.75 Å². The first-order valence-corrected chi connectivity index (χ1v) is 13.4. The Labute approximate surface area is 223 Å². The van der Waals surface area contributed by atoms with Gasteiger partial charge >= 0.3 is 0 Å².